The van der Waals surface area contributed by atoms with E-state index in [4.69, 9.17) is 5.11 Å². The van der Waals surface area contributed by atoms with Crippen LogP contribution in [0.25, 0.3) is 17.0 Å². The molecule has 150 valence electrons. The maximum atomic E-state index is 12.7. The Kier molecular flexibility index (Phi) is 4.79. The number of carboxylic acids is 1. The molecule has 0 radical (unpaired) electrons. The number of H-pyrrole nitrogens is 1. The Hall–Kier alpha value is -3.09. The second kappa shape index (κ2) is 6.82. The van der Waals surface area contributed by atoms with Crippen molar-refractivity contribution in [2.75, 3.05) is 5.75 Å². The van der Waals surface area contributed by atoms with Crippen LogP contribution in [0.5, 0.6) is 5.75 Å². The highest BCUT2D eigenvalue weighted by Gasteiger charge is 2.34. The van der Waals surface area contributed by atoms with Gasteiger partial charge >= 0.3 is 12.3 Å². The van der Waals surface area contributed by atoms with Crippen molar-refractivity contribution in [3.8, 4) is 11.7 Å². The number of ether oxygens (including phenoxy) is 1. The van der Waals surface area contributed by atoms with E-state index in [9.17, 15) is 26.4 Å². The molecule has 0 atom stereocenters. The summed E-state index contributed by atoms with van der Waals surface area (Å²) in [4.78, 5) is 17.0. The van der Waals surface area contributed by atoms with Crippen molar-refractivity contribution >= 4 is 26.8 Å². The predicted octanol–water partition coefficient (Wildman–Crippen LogP) is 2.53. The summed E-state index contributed by atoms with van der Waals surface area (Å²) in [5.74, 6) is -2.49. The quantitative estimate of drug-likeness (QED) is 0.630. The number of aromatic carboxylic acids is 1. The first-order valence-electron chi connectivity index (χ1n) is 7.81. The third kappa shape index (κ3) is 3.93. The lowest BCUT2D eigenvalue weighted by molar-refractivity contribution is -0.275. The van der Waals surface area contributed by atoms with E-state index in [1.165, 1.54) is 0 Å². The molecule has 28 heavy (non-hydrogen) atoms. The van der Waals surface area contributed by atoms with Gasteiger partial charge in [0, 0.05) is 12.3 Å². The lowest BCUT2D eigenvalue weighted by Gasteiger charge is -2.13. The van der Waals surface area contributed by atoms with Gasteiger partial charge in [-0.2, -0.15) is 5.10 Å². The number of alkyl halides is 3. The highest BCUT2D eigenvalue weighted by atomic mass is 32.2. The number of fused-ring (bicyclic) bond motifs is 1. The predicted molar refractivity (Wildman–Crippen MR) is 89.2 cm³/mol. The number of rotatable bonds is 6. The number of carboxylic acid groups (broad SMARTS) is 1. The molecule has 0 aliphatic carbocycles. The van der Waals surface area contributed by atoms with E-state index < -0.39 is 32.8 Å². The van der Waals surface area contributed by atoms with Gasteiger partial charge in [0.1, 0.15) is 10.6 Å². The Bertz CT molecular complexity index is 1150. The minimum atomic E-state index is -5.10. The molecule has 2 heterocycles. The van der Waals surface area contributed by atoms with E-state index in [0.29, 0.717) is 0 Å². The molecule has 13 heteroatoms. The summed E-state index contributed by atoms with van der Waals surface area (Å²) in [6, 6.07) is 1.85. The normalized spacial score (nSPS) is 12.4. The molecule has 0 spiro atoms. The highest BCUT2D eigenvalue weighted by Crippen LogP contribution is 2.34. The van der Waals surface area contributed by atoms with E-state index >= 15 is 0 Å². The van der Waals surface area contributed by atoms with Gasteiger partial charge in [-0.25, -0.2) is 22.9 Å². The van der Waals surface area contributed by atoms with Crippen molar-refractivity contribution in [2.24, 2.45) is 0 Å². The second-order valence-corrected chi connectivity index (χ2v) is 7.80. The van der Waals surface area contributed by atoms with Gasteiger partial charge < -0.3 is 14.8 Å². The van der Waals surface area contributed by atoms with Crippen LogP contribution in [-0.2, 0) is 9.84 Å². The Balaban J connectivity index is 2.15. The molecule has 1 aromatic carbocycles. The van der Waals surface area contributed by atoms with Gasteiger partial charge in [-0.15, -0.1) is 13.2 Å². The zero-order chi connectivity index (χ0) is 20.7. The first-order chi connectivity index (χ1) is 13.0. The van der Waals surface area contributed by atoms with Gasteiger partial charge in [0.2, 0.25) is 5.95 Å². The Morgan fingerprint density at radius 2 is 2.07 bits per heavy atom. The van der Waals surface area contributed by atoms with Crippen molar-refractivity contribution in [2.45, 2.75) is 24.6 Å². The van der Waals surface area contributed by atoms with Gasteiger partial charge in [-0.1, -0.05) is 6.92 Å². The minimum Gasteiger partial charge on any atom is -0.478 e. The molecule has 2 aromatic heterocycles. The second-order valence-electron chi connectivity index (χ2n) is 5.72. The first kappa shape index (κ1) is 19.7. The van der Waals surface area contributed by atoms with Crippen LogP contribution in [0.4, 0.5) is 13.2 Å². The van der Waals surface area contributed by atoms with Gasteiger partial charge in [0.15, 0.2) is 9.84 Å². The fourth-order valence-electron chi connectivity index (χ4n) is 2.49. The number of benzene rings is 1. The third-order valence-corrected chi connectivity index (χ3v) is 5.55. The molecule has 3 rings (SSSR count). The maximum Gasteiger partial charge on any atom is 0.573 e. The summed E-state index contributed by atoms with van der Waals surface area (Å²) in [6.45, 7) is 1.58. The molecule has 0 bridgehead atoms. The van der Waals surface area contributed by atoms with Crippen LogP contribution in [0, 0.1) is 0 Å². The van der Waals surface area contributed by atoms with Crippen LogP contribution < -0.4 is 4.74 Å². The van der Waals surface area contributed by atoms with Crippen molar-refractivity contribution in [3.63, 3.8) is 0 Å². The maximum absolute atomic E-state index is 12.7. The fourth-order valence-corrected chi connectivity index (χ4v) is 3.95. The van der Waals surface area contributed by atoms with Crippen molar-refractivity contribution in [1.82, 2.24) is 19.7 Å². The van der Waals surface area contributed by atoms with Crippen LogP contribution in [-0.4, -0.2) is 51.4 Å². The van der Waals surface area contributed by atoms with Crippen molar-refractivity contribution in [3.05, 3.63) is 30.1 Å². The van der Waals surface area contributed by atoms with Gasteiger partial charge in [0.05, 0.1) is 28.5 Å². The fraction of sp³-hybridized carbons (Fsp3) is 0.267. The topological polar surface area (TPSA) is 127 Å². The van der Waals surface area contributed by atoms with E-state index in [1.807, 2.05) is 0 Å². The van der Waals surface area contributed by atoms with Gasteiger partial charge in [-0.3, -0.25) is 0 Å². The van der Waals surface area contributed by atoms with E-state index in [1.54, 1.807) is 6.92 Å². The molecule has 0 saturated carbocycles. The standard InChI is InChI=1S/C15H13F3N4O5S/c1-2-3-28(25,26)12-5-10-9(4-11(12)27-15(16,17)18)20-14(21-10)22-7-8(6-19-22)13(23)24/h4-7H,2-3H2,1H3,(H,20,21)(H,23,24). The van der Waals surface area contributed by atoms with Crippen LogP contribution in [0.3, 0.4) is 0 Å². The van der Waals surface area contributed by atoms with Crippen molar-refractivity contribution < 1.29 is 36.2 Å². The highest BCUT2D eigenvalue weighted by molar-refractivity contribution is 7.91. The number of hydrogen-bond donors (Lipinski definition) is 2. The summed E-state index contributed by atoms with van der Waals surface area (Å²) >= 11 is 0. The van der Waals surface area contributed by atoms with Crippen LogP contribution in [0.2, 0.25) is 0 Å². The number of nitrogens with one attached hydrogen (secondary N) is 1. The molecule has 3 aromatic rings. The molecular weight excluding hydrogens is 405 g/mol. The molecule has 0 saturated heterocycles. The molecule has 0 aliphatic rings. The number of carbonyl (C=O) groups is 1. The Morgan fingerprint density at radius 1 is 1.36 bits per heavy atom. The number of aromatic nitrogens is 4. The summed E-state index contributed by atoms with van der Waals surface area (Å²) in [7, 11) is -4.04. The zero-order valence-electron chi connectivity index (χ0n) is 14.2. The summed E-state index contributed by atoms with van der Waals surface area (Å²) in [5, 5.41) is 12.7. The van der Waals surface area contributed by atoms with Crippen LogP contribution in [0.15, 0.2) is 29.4 Å². The van der Waals surface area contributed by atoms with Crippen LogP contribution in [0.1, 0.15) is 23.7 Å². The third-order valence-electron chi connectivity index (χ3n) is 3.62. The van der Waals surface area contributed by atoms with Gasteiger partial charge in [0.25, 0.3) is 0 Å². The molecular formula is C15H13F3N4O5S. The molecule has 0 fully saturated rings. The lowest BCUT2D eigenvalue weighted by atomic mass is 10.3. The monoisotopic (exact) mass is 418 g/mol. The van der Waals surface area contributed by atoms with Crippen LogP contribution >= 0.6 is 0 Å². The zero-order valence-corrected chi connectivity index (χ0v) is 15.0. The summed E-state index contributed by atoms with van der Waals surface area (Å²) in [5.41, 5.74) is -0.0311. The number of imidazole rings is 1. The Morgan fingerprint density at radius 3 is 2.64 bits per heavy atom. The average Bonchev–Trinajstić information content (AvgIpc) is 3.18. The molecule has 0 amide bonds. The van der Waals surface area contributed by atoms with E-state index in [0.717, 1.165) is 29.2 Å². The first-order valence-corrected chi connectivity index (χ1v) is 9.46. The Labute approximate surface area is 155 Å². The average molecular weight is 418 g/mol. The van der Waals surface area contributed by atoms with E-state index in [2.05, 4.69) is 19.8 Å². The van der Waals surface area contributed by atoms with Gasteiger partial charge in [-0.05, 0) is 12.5 Å². The molecule has 2 N–H and O–H groups in total. The minimum absolute atomic E-state index is 0.00880. The largest absolute Gasteiger partial charge is 0.573 e. The number of hydrogen-bond acceptors (Lipinski definition) is 6. The van der Waals surface area contributed by atoms with E-state index in [-0.39, 0.29) is 34.7 Å². The SMILES string of the molecule is CCCS(=O)(=O)c1cc2[nH]c(-n3cc(C(=O)O)cn3)nc2cc1OC(F)(F)F. The number of halogens is 3. The molecule has 9 nitrogen and oxygen atoms in total. The molecule has 0 unspecified atom stereocenters. The number of sulfone groups is 1. The summed E-state index contributed by atoms with van der Waals surface area (Å²) < 4.78 is 67.9. The smallest absolute Gasteiger partial charge is 0.478 e. The number of nitrogens with zero attached hydrogens (tertiary/aromatic N) is 3. The lowest BCUT2D eigenvalue weighted by Crippen LogP contribution is -2.19. The molecule has 0 aliphatic heterocycles. The number of aromatic amines is 1. The summed E-state index contributed by atoms with van der Waals surface area (Å²) in [6.07, 6.45) is -2.69. The van der Waals surface area contributed by atoms with Crippen molar-refractivity contribution in [1.29, 1.82) is 0 Å².